The lowest BCUT2D eigenvalue weighted by Gasteiger charge is -2.37. The Bertz CT molecular complexity index is 1110. The average Bonchev–Trinajstić information content (AvgIpc) is 3.12. The van der Waals surface area contributed by atoms with Crippen LogP contribution < -0.4 is 9.62 Å². The Morgan fingerprint density at radius 1 is 1.28 bits per heavy atom. The van der Waals surface area contributed by atoms with Crippen molar-refractivity contribution in [1.29, 1.82) is 0 Å². The van der Waals surface area contributed by atoms with E-state index < -0.39 is 10.0 Å². The third kappa shape index (κ3) is 4.20. The summed E-state index contributed by atoms with van der Waals surface area (Å²) in [6.45, 7) is 1.09. The van der Waals surface area contributed by atoms with Gasteiger partial charge in [-0.3, -0.25) is 4.72 Å². The molecule has 2 aromatic heterocycles. The lowest BCUT2D eigenvalue weighted by Crippen LogP contribution is -2.41. The molecule has 0 amide bonds. The smallest absolute Gasteiger partial charge is 0.229 e. The second-order valence-corrected chi connectivity index (χ2v) is 9.16. The SMILES string of the molecule is CS(=O)(=O)Nc1cccc(-c2cnn3c(N4CCCCC4CCO)ccnc23)c1. The number of piperidine rings is 1. The molecule has 3 heterocycles. The highest BCUT2D eigenvalue weighted by molar-refractivity contribution is 7.92. The van der Waals surface area contributed by atoms with Crippen LogP contribution in [0.25, 0.3) is 16.8 Å². The van der Waals surface area contributed by atoms with Crippen molar-refractivity contribution in [3.8, 4) is 11.1 Å². The molecule has 1 fully saturated rings. The maximum Gasteiger partial charge on any atom is 0.229 e. The molecule has 1 aliphatic rings. The molecule has 0 radical (unpaired) electrons. The zero-order valence-corrected chi connectivity index (χ0v) is 17.1. The Labute approximate surface area is 170 Å². The predicted octanol–water partition coefficient (Wildman–Crippen LogP) is 2.51. The zero-order valence-electron chi connectivity index (χ0n) is 16.3. The van der Waals surface area contributed by atoms with E-state index in [9.17, 15) is 13.5 Å². The topological polar surface area (TPSA) is 99.8 Å². The van der Waals surface area contributed by atoms with Crippen LogP contribution in [-0.4, -0.2) is 53.6 Å². The van der Waals surface area contributed by atoms with E-state index in [-0.39, 0.29) is 12.6 Å². The molecule has 154 valence electrons. The number of benzene rings is 1. The van der Waals surface area contributed by atoms with E-state index >= 15 is 0 Å². The summed E-state index contributed by atoms with van der Waals surface area (Å²) in [6.07, 6.45) is 8.73. The monoisotopic (exact) mass is 415 g/mol. The summed E-state index contributed by atoms with van der Waals surface area (Å²) in [5.41, 5.74) is 2.88. The first-order valence-corrected chi connectivity index (χ1v) is 11.6. The van der Waals surface area contributed by atoms with Gasteiger partial charge in [0, 0.05) is 36.6 Å². The van der Waals surface area contributed by atoms with Crippen LogP contribution in [0, 0.1) is 0 Å². The minimum Gasteiger partial charge on any atom is -0.396 e. The van der Waals surface area contributed by atoms with Gasteiger partial charge in [-0.25, -0.2) is 13.4 Å². The number of aliphatic hydroxyl groups excluding tert-OH is 1. The van der Waals surface area contributed by atoms with Crippen LogP contribution in [0.3, 0.4) is 0 Å². The molecule has 1 saturated heterocycles. The first-order chi connectivity index (χ1) is 14.0. The first kappa shape index (κ1) is 19.7. The van der Waals surface area contributed by atoms with E-state index in [1.165, 1.54) is 6.42 Å². The molecular formula is C20H25N5O3S. The van der Waals surface area contributed by atoms with Crippen LogP contribution >= 0.6 is 0 Å². The van der Waals surface area contributed by atoms with Crippen LogP contribution in [0.15, 0.2) is 42.7 Å². The number of nitrogens with zero attached hydrogens (tertiary/aromatic N) is 4. The van der Waals surface area contributed by atoms with Crippen molar-refractivity contribution in [2.45, 2.75) is 31.7 Å². The molecular weight excluding hydrogens is 390 g/mol. The molecule has 0 bridgehead atoms. The Kier molecular flexibility index (Phi) is 5.42. The van der Waals surface area contributed by atoms with Gasteiger partial charge < -0.3 is 10.0 Å². The molecule has 1 aromatic carbocycles. The quantitative estimate of drug-likeness (QED) is 0.642. The molecule has 0 spiro atoms. The summed E-state index contributed by atoms with van der Waals surface area (Å²) in [7, 11) is -3.35. The number of nitrogens with one attached hydrogen (secondary N) is 1. The molecule has 1 atom stereocenters. The molecule has 29 heavy (non-hydrogen) atoms. The van der Waals surface area contributed by atoms with Crippen molar-refractivity contribution >= 4 is 27.2 Å². The summed E-state index contributed by atoms with van der Waals surface area (Å²) in [4.78, 5) is 6.85. The number of aromatic nitrogens is 3. The Morgan fingerprint density at radius 2 is 2.14 bits per heavy atom. The first-order valence-electron chi connectivity index (χ1n) is 9.75. The molecule has 0 aliphatic carbocycles. The van der Waals surface area contributed by atoms with Crippen molar-refractivity contribution in [3.05, 3.63) is 42.7 Å². The zero-order chi connectivity index (χ0) is 20.4. The summed E-state index contributed by atoms with van der Waals surface area (Å²) < 4.78 is 27.4. The maximum absolute atomic E-state index is 11.6. The van der Waals surface area contributed by atoms with E-state index in [4.69, 9.17) is 0 Å². The van der Waals surface area contributed by atoms with Gasteiger partial charge >= 0.3 is 0 Å². The van der Waals surface area contributed by atoms with Gasteiger partial charge in [0.2, 0.25) is 10.0 Å². The van der Waals surface area contributed by atoms with E-state index in [1.54, 1.807) is 30.6 Å². The van der Waals surface area contributed by atoms with Crippen LogP contribution in [0.5, 0.6) is 0 Å². The van der Waals surface area contributed by atoms with Gasteiger partial charge in [0.25, 0.3) is 0 Å². The number of sulfonamides is 1. The molecule has 4 rings (SSSR count). The number of fused-ring (bicyclic) bond motifs is 1. The summed E-state index contributed by atoms with van der Waals surface area (Å²) in [5, 5.41) is 14.0. The molecule has 2 N–H and O–H groups in total. The number of hydrogen-bond donors (Lipinski definition) is 2. The van der Waals surface area contributed by atoms with Gasteiger partial charge in [0.1, 0.15) is 5.82 Å². The fourth-order valence-corrected chi connectivity index (χ4v) is 4.57. The van der Waals surface area contributed by atoms with E-state index in [0.29, 0.717) is 11.3 Å². The van der Waals surface area contributed by atoms with Gasteiger partial charge in [-0.2, -0.15) is 9.61 Å². The molecule has 9 heteroatoms. The second kappa shape index (κ2) is 8.00. The van der Waals surface area contributed by atoms with E-state index in [1.807, 2.05) is 16.6 Å². The maximum atomic E-state index is 11.6. The summed E-state index contributed by atoms with van der Waals surface area (Å²) >= 11 is 0. The fraction of sp³-hybridized carbons (Fsp3) is 0.400. The molecule has 1 unspecified atom stereocenters. The van der Waals surface area contributed by atoms with Gasteiger partial charge in [-0.1, -0.05) is 12.1 Å². The molecule has 1 aliphatic heterocycles. The van der Waals surface area contributed by atoms with Gasteiger partial charge in [0.05, 0.1) is 12.5 Å². The van der Waals surface area contributed by atoms with Gasteiger partial charge in [-0.05, 0) is 49.4 Å². The Balaban J connectivity index is 1.74. The largest absolute Gasteiger partial charge is 0.396 e. The van der Waals surface area contributed by atoms with Crippen LogP contribution in [0.4, 0.5) is 11.5 Å². The summed E-state index contributed by atoms with van der Waals surface area (Å²) in [5.74, 6) is 0.963. The average molecular weight is 416 g/mol. The van der Waals surface area contributed by atoms with Crippen molar-refractivity contribution < 1.29 is 13.5 Å². The molecule has 8 nitrogen and oxygen atoms in total. The van der Waals surface area contributed by atoms with Gasteiger partial charge in [0.15, 0.2) is 5.65 Å². The third-order valence-corrected chi connectivity index (χ3v) is 5.85. The van der Waals surface area contributed by atoms with Crippen LogP contribution in [-0.2, 0) is 10.0 Å². The van der Waals surface area contributed by atoms with Crippen molar-refractivity contribution in [2.75, 3.05) is 29.0 Å². The Hall–Kier alpha value is -2.65. The van der Waals surface area contributed by atoms with Gasteiger partial charge in [-0.15, -0.1) is 0 Å². The predicted molar refractivity (Wildman–Crippen MR) is 114 cm³/mol. The van der Waals surface area contributed by atoms with E-state index in [0.717, 1.165) is 49.0 Å². The standard InChI is InChI=1S/C20H25N5O3S/c1-29(27,28)23-16-6-4-5-15(13-16)18-14-22-25-19(8-10-21-20(18)25)24-11-3-2-7-17(24)9-12-26/h4-6,8,10,13-14,17,23,26H,2-3,7,9,11-12H2,1H3. The molecule has 0 saturated carbocycles. The lowest BCUT2D eigenvalue weighted by atomic mass is 9.99. The molecule has 3 aromatic rings. The number of rotatable bonds is 6. The third-order valence-electron chi connectivity index (χ3n) is 5.24. The number of hydrogen-bond acceptors (Lipinski definition) is 6. The second-order valence-electron chi connectivity index (χ2n) is 7.41. The van der Waals surface area contributed by atoms with Crippen LogP contribution in [0.1, 0.15) is 25.7 Å². The van der Waals surface area contributed by atoms with Crippen molar-refractivity contribution in [3.63, 3.8) is 0 Å². The Morgan fingerprint density at radius 3 is 2.93 bits per heavy atom. The highest BCUT2D eigenvalue weighted by Crippen LogP contribution is 2.31. The minimum atomic E-state index is -3.35. The normalized spacial score (nSPS) is 17.6. The van der Waals surface area contributed by atoms with Crippen LogP contribution in [0.2, 0.25) is 0 Å². The van der Waals surface area contributed by atoms with Crippen molar-refractivity contribution in [1.82, 2.24) is 14.6 Å². The lowest BCUT2D eigenvalue weighted by molar-refractivity contribution is 0.262. The highest BCUT2D eigenvalue weighted by atomic mass is 32.2. The highest BCUT2D eigenvalue weighted by Gasteiger charge is 2.25. The number of aliphatic hydroxyl groups is 1. The fourth-order valence-electron chi connectivity index (χ4n) is 4.02. The number of anilines is 2. The summed E-state index contributed by atoms with van der Waals surface area (Å²) in [6, 6.07) is 9.45. The minimum absolute atomic E-state index is 0.167. The van der Waals surface area contributed by atoms with Crippen molar-refractivity contribution in [2.24, 2.45) is 0 Å². The van der Waals surface area contributed by atoms with E-state index in [2.05, 4.69) is 19.7 Å².